The van der Waals surface area contributed by atoms with Gasteiger partial charge in [-0.25, -0.2) is 0 Å². The maximum atomic E-state index is 5.82. The fraction of sp³-hybridized carbons (Fsp3) is 0.619. The molecule has 2 aliphatic carbocycles. The third-order valence-electron chi connectivity index (χ3n) is 5.52. The zero-order valence-electron chi connectivity index (χ0n) is 14.3. The summed E-state index contributed by atoms with van der Waals surface area (Å²) in [7, 11) is 0. The number of rotatable bonds is 7. The van der Waals surface area contributed by atoms with Crippen LogP contribution in [-0.4, -0.2) is 11.8 Å². The van der Waals surface area contributed by atoms with E-state index in [0.717, 1.165) is 24.1 Å². The number of alkyl halides is 2. The van der Waals surface area contributed by atoms with Crippen molar-refractivity contribution in [3.05, 3.63) is 50.6 Å². The van der Waals surface area contributed by atoms with E-state index in [0.29, 0.717) is 29.6 Å². The lowest BCUT2D eigenvalue weighted by atomic mass is 9.94. The van der Waals surface area contributed by atoms with Crippen LogP contribution in [0.1, 0.15) is 32.1 Å². The fourth-order valence-electron chi connectivity index (χ4n) is 4.02. The van der Waals surface area contributed by atoms with Crippen molar-refractivity contribution in [2.24, 2.45) is 35.5 Å². The smallest absolute Gasteiger partial charge is 0.0257 e. The Labute approximate surface area is 153 Å². The van der Waals surface area contributed by atoms with Gasteiger partial charge in [-0.2, -0.15) is 0 Å². The highest BCUT2D eigenvalue weighted by Crippen LogP contribution is 2.39. The molecule has 0 aromatic rings. The van der Waals surface area contributed by atoms with Gasteiger partial charge in [-0.1, -0.05) is 24.3 Å². The standard InChI is InChI=1S/C11H17Cl.C10H15Cl/c1-3-9-7-10(4-2)11(8-9)5-6-12;1-3-8-5-9(4-2)10(6-8)7-11/h3-4,9-11H,1-2,5-8H2;3-4,8-10H,1-2,5-7H2. The molecule has 0 spiro atoms. The predicted octanol–water partition coefficient (Wildman–Crippen LogP) is 6.87. The van der Waals surface area contributed by atoms with Crippen molar-refractivity contribution in [3.8, 4) is 0 Å². The van der Waals surface area contributed by atoms with Crippen LogP contribution in [0.3, 0.4) is 0 Å². The fourth-order valence-corrected chi connectivity index (χ4v) is 4.65. The van der Waals surface area contributed by atoms with Crippen LogP contribution in [0.25, 0.3) is 0 Å². The van der Waals surface area contributed by atoms with Crippen LogP contribution in [0.5, 0.6) is 0 Å². The highest BCUT2D eigenvalue weighted by Gasteiger charge is 2.30. The van der Waals surface area contributed by atoms with Crippen molar-refractivity contribution >= 4 is 23.2 Å². The van der Waals surface area contributed by atoms with Gasteiger partial charge in [0, 0.05) is 11.8 Å². The SMILES string of the molecule is C=CC1CC(C=C)C(CCCl)C1.C=CC1CC(C=C)C(CCl)C1. The number of allylic oxidation sites excluding steroid dienone is 4. The summed E-state index contributed by atoms with van der Waals surface area (Å²) in [5, 5.41) is 0. The van der Waals surface area contributed by atoms with Gasteiger partial charge in [0.1, 0.15) is 0 Å². The van der Waals surface area contributed by atoms with E-state index in [9.17, 15) is 0 Å². The zero-order chi connectivity index (χ0) is 17.2. The minimum absolute atomic E-state index is 0.621. The Morgan fingerprint density at radius 3 is 1.52 bits per heavy atom. The summed E-state index contributed by atoms with van der Waals surface area (Å²) in [5.74, 6) is 5.59. The quantitative estimate of drug-likeness (QED) is 0.345. The molecule has 130 valence electrons. The lowest BCUT2D eigenvalue weighted by Gasteiger charge is -2.13. The molecule has 0 N–H and O–H groups in total. The van der Waals surface area contributed by atoms with Crippen molar-refractivity contribution in [2.75, 3.05) is 11.8 Å². The summed E-state index contributed by atoms with van der Waals surface area (Å²) in [6.07, 6.45) is 14.3. The highest BCUT2D eigenvalue weighted by molar-refractivity contribution is 6.18. The maximum Gasteiger partial charge on any atom is 0.0257 e. The molecule has 0 aromatic carbocycles. The summed E-state index contributed by atoms with van der Waals surface area (Å²) in [5.41, 5.74) is 0. The lowest BCUT2D eigenvalue weighted by molar-refractivity contribution is 0.446. The second-order valence-corrected chi connectivity index (χ2v) is 7.57. The highest BCUT2D eigenvalue weighted by atomic mass is 35.5. The van der Waals surface area contributed by atoms with Crippen molar-refractivity contribution < 1.29 is 0 Å². The van der Waals surface area contributed by atoms with Gasteiger partial charge in [-0.15, -0.1) is 49.5 Å². The van der Waals surface area contributed by atoms with Gasteiger partial charge >= 0.3 is 0 Å². The molecule has 2 aliphatic rings. The molecular weight excluding hydrogens is 323 g/mol. The van der Waals surface area contributed by atoms with Crippen molar-refractivity contribution in [1.82, 2.24) is 0 Å². The molecule has 2 rings (SSSR count). The number of hydrogen-bond acceptors (Lipinski definition) is 0. The summed E-state index contributed by atoms with van der Waals surface area (Å²) in [6, 6.07) is 0. The van der Waals surface area contributed by atoms with E-state index in [1.807, 2.05) is 12.2 Å². The van der Waals surface area contributed by atoms with Gasteiger partial charge in [0.25, 0.3) is 0 Å². The van der Waals surface area contributed by atoms with Crippen LogP contribution in [0.2, 0.25) is 0 Å². The Morgan fingerprint density at radius 2 is 1.17 bits per heavy atom. The lowest BCUT2D eigenvalue weighted by Crippen LogP contribution is -2.05. The summed E-state index contributed by atoms with van der Waals surface area (Å²) in [6.45, 7) is 15.3. The number of hydrogen-bond donors (Lipinski definition) is 0. The molecule has 0 bridgehead atoms. The molecule has 2 fully saturated rings. The Balaban J connectivity index is 0.000000231. The summed E-state index contributed by atoms with van der Waals surface area (Å²) in [4.78, 5) is 0. The molecule has 0 aromatic heterocycles. The minimum Gasteiger partial charge on any atom is -0.127 e. The Hall–Kier alpha value is -0.460. The van der Waals surface area contributed by atoms with Crippen molar-refractivity contribution in [2.45, 2.75) is 32.1 Å². The average Bonchev–Trinajstić information content (AvgIpc) is 3.18. The van der Waals surface area contributed by atoms with Crippen LogP contribution in [0.4, 0.5) is 0 Å². The average molecular weight is 355 g/mol. The van der Waals surface area contributed by atoms with Gasteiger partial charge in [-0.05, 0) is 67.6 Å². The van der Waals surface area contributed by atoms with E-state index < -0.39 is 0 Å². The molecule has 2 heteroatoms. The van der Waals surface area contributed by atoms with E-state index in [2.05, 4.69) is 38.5 Å². The Kier molecular flexibility index (Phi) is 9.99. The molecule has 2 saturated carbocycles. The van der Waals surface area contributed by atoms with Gasteiger partial charge in [0.05, 0.1) is 0 Å². The maximum absolute atomic E-state index is 5.82. The molecule has 0 amide bonds. The molecule has 0 heterocycles. The van der Waals surface area contributed by atoms with Gasteiger partial charge in [0.15, 0.2) is 0 Å². The molecule has 6 unspecified atom stereocenters. The van der Waals surface area contributed by atoms with E-state index >= 15 is 0 Å². The third-order valence-corrected chi connectivity index (χ3v) is 6.14. The van der Waals surface area contributed by atoms with Gasteiger partial charge < -0.3 is 0 Å². The zero-order valence-corrected chi connectivity index (χ0v) is 15.8. The Bertz CT molecular complexity index is 387. The first-order chi connectivity index (χ1) is 11.1. The molecule has 0 radical (unpaired) electrons. The first kappa shape index (κ1) is 20.6. The van der Waals surface area contributed by atoms with Gasteiger partial charge in [-0.3, -0.25) is 0 Å². The van der Waals surface area contributed by atoms with Crippen molar-refractivity contribution in [1.29, 1.82) is 0 Å². The first-order valence-corrected chi connectivity index (χ1v) is 9.82. The molecule has 0 saturated heterocycles. The topological polar surface area (TPSA) is 0 Å². The van der Waals surface area contributed by atoms with E-state index in [-0.39, 0.29) is 0 Å². The normalized spacial score (nSPS) is 35.9. The molecule has 0 nitrogen and oxygen atoms in total. The van der Waals surface area contributed by atoms with Crippen LogP contribution >= 0.6 is 23.2 Å². The second kappa shape index (κ2) is 11.2. The van der Waals surface area contributed by atoms with E-state index in [1.165, 1.54) is 25.7 Å². The Morgan fingerprint density at radius 1 is 0.696 bits per heavy atom. The largest absolute Gasteiger partial charge is 0.127 e. The third kappa shape index (κ3) is 6.16. The predicted molar refractivity (Wildman–Crippen MR) is 106 cm³/mol. The van der Waals surface area contributed by atoms with E-state index in [4.69, 9.17) is 23.2 Å². The van der Waals surface area contributed by atoms with Crippen LogP contribution in [0, 0.1) is 35.5 Å². The van der Waals surface area contributed by atoms with Crippen LogP contribution in [0.15, 0.2) is 50.6 Å². The first-order valence-electron chi connectivity index (χ1n) is 8.75. The van der Waals surface area contributed by atoms with Crippen LogP contribution in [-0.2, 0) is 0 Å². The van der Waals surface area contributed by atoms with Crippen molar-refractivity contribution in [3.63, 3.8) is 0 Å². The summed E-state index contributed by atoms with van der Waals surface area (Å²) >= 11 is 11.6. The minimum atomic E-state index is 0.621. The molecule has 6 atom stereocenters. The second-order valence-electron chi connectivity index (χ2n) is 6.89. The van der Waals surface area contributed by atoms with Crippen LogP contribution < -0.4 is 0 Å². The molecule has 0 aliphatic heterocycles. The number of halogens is 2. The molecular formula is C21H32Cl2. The monoisotopic (exact) mass is 354 g/mol. The summed E-state index contributed by atoms with van der Waals surface area (Å²) < 4.78 is 0. The van der Waals surface area contributed by atoms with Gasteiger partial charge in [0.2, 0.25) is 0 Å². The van der Waals surface area contributed by atoms with E-state index in [1.54, 1.807) is 0 Å². The molecule has 23 heavy (non-hydrogen) atoms.